The maximum atomic E-state index is 13.0. The molecular weight excluding hydrogens is 394 g/mol. The molecule has 0 bridgehead atoms. The second-order valence-electron chi connectivity index (χ2n) is 8.32. The fourth-order valence-electron chi connectivity index (χ4n) is 4.19. The highest BCUT2D eigenvalue weighted by Crippen LogP contribution is 2.35. The molecule has 30 heavy (non-hydrogen) atoms. The van der Waals surface area contributed by atoms with Crippen LogP contribution in [-0.2, 0) is 6.18 Å². The van der Waals surface area contributed by atoms with Gasteiger partial charge in [0.2, 0.25) is 0 Å². The van der Waals surface area contributed by atoms with E-state index in [1.54, 1.807) is 12.1 Å². The van der Waals surface area contributed by atoms with Gasteiger partial charge in [-0.3, -0.25) is 4.39 Å². The third-order valence-corrected chi connectivity index (χ3v) is 6.13. The van der Waals surface area contributed by atoms with Gasteiger partial charge in [0.15, 0.2) is 0 Å². The Morgan fingerprint density at radius 1 is 0.967 bits per heavy atom. The lowest BCUT2D eigenvalue weighted by molar-refractivity contribution is -0.137. The lowest BCUT2D eigenvalue weighted by atomic mass is 9.82. The van der Waals surface area contributed by atoms with E-state index in [-0.39, 0.29) is 18.0 Å². The zero-order valence-corrected chi connectivity index (χ0v) is 17.7. The molecule has 1 N–H and O–H groups in total. The van der Waals surface area contributed by atoms with Crippen LogP contribution in [-0.4, -0.2) is 25.4 Å². The summed E-state index contributed by atoms with van der Waals surface area (Å²) in [5, 5.41) is 3.46. The van der Waals surface area contributed by atoms with Gasteiger partial charge in [-0.05, 0) is 92.5 Å². The maximum absolute atomic E-state index is 13.0. The van der Waals surface area contributed by atoms with Gasteiger partial charge in [0.05, 0.1) is 12.2 Å². The Hall–Kier alpha value is -2.08. The SMILES string of the molecule is Cc1cc(OCC2CC(c3ccc(C(F)(F)F)cc3)CC(CCF)N2)cc(C)c1C. The molecule has 2 nitrogen and oxygen atoms in total. The Kier molecular flexibility index (Phi) is 7.06. The normalized spacial score (nSPS) is 22.2. The molecule has 2 aromatic carbocycles. The van der Waals surface area contributed by atoms with Gasteiger partial charge in [-0.15, -0.1) is 0 Å². The van der Waals surface area contributed by atoms with E-state index >= 15 is 0 Å². The summed E-state index contributed by atoms with van der Waals surface area (Å²) in [6, 6.07) is 9.37. The Balaban J connectivity index is 1.70. The van der Waals surface area contributed by atoms with Gasteiger partial charge in [-0.25, -0.2) is 0 Å². The molecule has 1 saturated heterocycles. The molecule has 164 valence electrons. The number of ether oxygens (including phenoxy) is 1. The lowest BCUT2D eigenvalue weighted by Crippen LogP contribution is -2.48. The Morgan fingerprint density at radius 2 is 1.57 bits per heavy atom. The van der Waals surface area contributed by atoms with Gasteiger partial charge in [0.1, 0.15) is 12.4 Å². The van der Waals surface area contributed by atoms with Crippen molar-refractivity contribution in [1.29, 1.82) is 0 Å². The molecule has 2 aromatic rings. The van der Waals surface area contributed by atoms with Crippen LogP contribution in [0.1, 0.15) is 53.0 Å². The minimum absolute atomic E-state index is 0.00417. The first-order valence-electron chi connectivity index (χ1n) is 10.4. The van der Waals surface area contributed by atoms with Crippen LogP contribution < -0.4 is 10.1 Å². The van der Waals surface area contributed by atoms with Gasteiger partial charge in [0.25, 0.3) is 0 Å². The van der Waals surface area contributed by atoms with E-state index < -0.39 is 18.4 Å². The monoisotopic (exact) mass is 423 g/mol. The number of halogens is 4. The number of benzene rings is 2. The molecule has 1 aliphatic rings. The van der Waals surface area contributed by atoms with Crippen LogP contribution in [0.2, 0.25) is 0 Å². The average Bonchev–Trinajstić information content (AvgIpc) is 2.70. The molecule has 3 unspecified atom stereocenters. The smallest absolute Gasteiger partial charge is 0.416 e. The number of hydrogen-bond donors (Lipinski definition) is 1. The van der Waals surface area contributed by atoms with Crippen LogP contribution in [0.15, 0.2) is 36.4 Å². The largest absolute Gasteiger partial charge is 0.492 e. The number of nitrogens with one attached hydrogen (secondary N) is 1. The lowest BCUT2D eigenvalue weighted by Gasteiger charge is -2.36. The quantitative estimate of drug-likeness (QED) is 0.553. The predicted octanol–water partition coefficient (Wildman–Crippen LogP) is 6.27. The summed E-state index contributed by atoms with van der Waals surface area (Å²) >= 11 is 0. The van der Waals surface area contributed by atoms with Crippen molar-refractivity contribution in [1.82, 2.24) is 5.32 Å². The van der Waals surface area contributed by atoms with E-state index in [9.17, 15) is 17.6 Å². The highest BCUT2D eigenvalue weighted by Gasteiger charge is 2.32. The van der Waals surface area contributed by atoms with Gasteiger partial charge in [-0.1, -0.05) is 12.1 Å². The molecule has 3 atom stereocenters. The molecule has 1 heterocycles. The Morgan fingerprint density at radius 3 is 2.13 bits per heavy atom. The summed E-state index contributed by atoms with van der Waals surface area (Å²) in [5.41, 5.74) is 3.79. The van der Waals surface area contributed by atoms with Crippen molar-refractivity contribution >= 4 is 0 Å². The van der Waals surface area contributed by atoms with Crippen LogP contribution >= 0.6 is 0 Å². The van der Waals surface area contributed by atoms with E-state index in [1.165, 1.54) is 16.7 Å². The van der Waals surface area contributed by atoms with Crippen molar-refractivity contribution in [2.45, 2.75) is 64.2 Å². The van der Waals surface area contributed by atoms with Crippen molar-refractivity contribution in [3.63, 3.8) is 0 Å². The third kappa shape index (κ3) is 5.54. The zero-order chi connectivity index (χ0) is 21.9. The first-order chi connectivity index (χ1) is 14.2. The summed E-state index contributed by atoms with van der Waals surface area (Å²) in [4.78, 5) is 0. The van der Waals surface area contributed by atoms with E-state index in [2.05, 4.69) is 12.2 Å². The molecule has 0 radical (unpaired) electrons. The van der Waals surface area contributed by atoms with Crippen molar-refractivity contribution in [3.8, 4) is 5.75 Å². The standard InChI is InChI=1S/C24H29F4NO/c1-15-10-23(11-16(2)17(15)3)30-14-22-13-19(12-21(29-22)8-9-25)18-4-6-20(7-5-18)24(26,27)28/h4-7,10-11,19,21-22,29H,8-9,12-14H2,1-3H3. The molecule has 0 aromatic heterocycles. The second kappa shape index (κ2) is 9.38. The third-order valence-electron chi connectivity index (χ3n) is 6.13. The topological polar surface area (TPSA) is 21.3 Å². The molecule has 0 saturated carbocycles. The van der Waals surface area contributed by atoms with Crippen LogP contribution in [0.4, 0.5) is 17.6 Å². The molecule has 0 spiro atoms. The summed E-state index contributed by atoms with van der Waals surface area (Å²) < 4.78 is 57.6. The van der Waals surface area contributed by atoms with E-state index in [1.807, 2.05) is 26.0 Å². The van der Waals surface area contributed by atoms with Crippen LogP contribution in [0.5, 0.6) is 5.75 Å². The summed E-state index contributed by atoms with van der Waals surface area (Å²) in [7, 11) is 0. The molecule has 3 rings (SSSR count). The van der Waals surface area contributed by atoms with Crippen LogP contribution in [0.3, 0.4) is 0 Å². The number of aryl methyl sites for hydroxylation is 2. The number of rotatable bonds is 6. The van der Waals surface area contributed by atoms with Crippen LogP contribution in [0, 0.1) is 20.8 Å². The summed E-state index contributed by atoms with van der Waals surface area (Å²) in [5.74, 6) is 0.872. The molecule has 0 amide bonds. The summed E-state index contributed by atoms with van der Waals surface area (Å²) in [6.45, 7) is 6.18. The van der Waals surface area contributed by atoms with Gasteiger partial charge in [0, 0.05) is 12.1 Å². The molecule has 1 aliphatic heterocycles. The van der Waals surface area contributed by atoms with E-state index in [0.717, 1.165) is 29.9 Å². The highest BCUT2D eigenvalue weighted by atomic mass is 19.4. The minimum Gasteiger partial charge on any atom is -0.492 e. The Bertz CT molecular complexity index is 824. The van der Waals surface area contributed by atoms with Crippen molar-refractivity contribution < 1.29 is 22.3 Å². The van der Waals surface area contributed by atoms with Gasteiger partial charge < -0.3 is 10.1 Å². The minimum atomic E-state index is -4.34. The number of piperidine rings is 1. The first kappa shape index (κ1) is 22.6. The Labute approximate surface area is 175 Å². The average molecular weight is 423 g/mol. The van der Waals surface area contributed by atoms with Crippen molar-refractivity contribution in [2.24, 2.45) is 0 Å². The number of alkyl halides is 4. The van der Waals surface area contributed by atoms with Gasteiger partial charge in [-0.2, -0.15) is 13.2 Å². The van der Waals surface area contributed by atoms with Gasteiger partial charge >= 0.3 is 6.18 Å². The summed E-state index contributed by atoms with van der Waals surface area (Å²) in [6.07, 6.45) is -2.52. The second-order valence-corrected chi connectivity index (χ2v) is 8.32. The predicted molar refractivity (Wildman–Crippen MR) is 111 cm³/mol. The molecule has 6 heteroatoms. The van der Waals surface area contributed by atoms with E-state index in [0.29, 0.717) is 19.4 Å². The molecule has 0 aliphatic carbocycles. The van der Waals surface area contributed by atoms with Crippen molar-refractivity contribution in [2.75, 3.05) is 13.3 Å². The highest BCUT2D eigenvalue weighted by molar-refractivity contribution is 5.40. The maximum Gasteiger partial charge on any atom is 0.416 e. The van der Waals surface area contributed by atoms with E-state index in [4.69, 9.17) is 4.74 Å². The fraction of sp³-hybridized carbons (Fsp3) is 0.500. The number of hydrogen-bond acceptors (Lipinski definition) is 2. The molecular formula is C24H29F4NO. The zero-order valence-electron chi connectivity index (χ0n) is 17.7. The first-order valence-corrected chi connectivity index (χ1v) is 10.4. The van der Waals surface area contributed by atoms with Crippen molar-refractivity contribution in [3.05, 3.63) is 64.2 Å². The van der Waals surface area contributed by atoms with Crippen LogP contribution in [0.25, 0.3) is 0 Å². The fourth-order valence-corrected chi connectivity index (χ4v) is 4.19. The molecule has 1 fully saturated rings.